The highest BCUT2D eigenvalue weighted by Gasteiger charge is 2.06. The molecule has 0 unspecified atom stereocenters. The molecule has 1 rings (SSSR count). The zero-order valence-corrected chi connectivity index (χ0v) is 11.5. The third-order valence-corrected chi connectivity index (χ3v) is 3.07. The van der Waals surface area contributed by atoms with Gasteiger partial charge in [-0.25, -0.2) is 0 Å². The summed E-state index contributed by atoms with van der Waals surface area (Å²) in [6, 6.07) is 4.21. The minimum atomic E-state index is 0.0602. The minimum Gasteiger partial charge on any atom is -0.373 e. The number of aromatic nitrogens is 1. The van der Waals surface area contributed by atoms with Gasteiger partial charge in [-0.15, -0.1) is 0 Å². The second-order valence-electron chi connectivity index (χ2n) is 5.06. The molecule has 0 aromatic carbocycles. The highest BCUT2D eigenvalue weighted by Crippen LogP contribution is 2.16. The van der Waals surface area contributed by atoms with Crippen molar-refractivity contribution < 1.29 is 0 Å². The van der Waals surface area contributed by atoms with Crippen LogP contribution in [0.25, 0.3) is 0 Å². The molecule has 1 atom stereocenters. The summed E-state index contributed by atoms with van der Waals surface area (Å²) >= 11 is 0. The monoisotopic (exact) mass is 235 g/mol. The van der Waals surface area contributed by atoms with Gasteiger partial charge in [-0.2, -0.15) is 0 Å². The molecule has 0 saturated heterocycles. The van der Waals surface area contributed by atoms with Crippen LogP contribution >= 0.6 is 0 Å². The molecule has 1 aromatic rings. The largest absolute Gasteiger partial charge is 0.373 e. The first-order valence-electron chi connectivity index (χ1n) is 6.47. The Bertz CT molecular complexity index is 319. The maximum absolute atomic E-state index is 5.94. The molecule has 2 N–H and O–H groups in total. The summed E-state index contributed by atoms with van der Waals surface area (Å²) in [5.41, 5.74) is 8.09. The summed E-state index contributed by atoms with van der Waals surface area (Å²) in [5.74, 6) is 0.734. The fraction of sp³-hybridized carbons (Fsp3) is 0.643. The molecule has 3 heteroatoms. The molecule has 1 heterocycles. The quantitative estimate of drug-likeness (QED) is 0.824. The zero-order valence-electron chi connectivity index (χ0n) is 11.5. The smallest absolute Gasteiger partial charge is 0.0572 e. The van der Waals surface area contributed by atoms with Crippen LogP contribution in [0.1, 0.15) is 45.3 Å². The average Bonchev–Trinajstić information content (AvgIpc) is 2.35. The first-order valence-corrected chi connectivity index (χ1v) is 6.47. The van der Waals surface area contributed by atoms with Crippen LogP contribution in [0, 0.1) is 5.92 Å². The molecule has 1 aromatic heterocycles. The van der Waals surface area contributed by atoms with Crippen LogP contribution in [0.5, 0.6) is 0 Å². The Morgan fingerprint density at radius 1 is 1.35 bits per heavy atom. The van der Waals surface area contributed by atoms with Crippen molar-refractivity contribution >= 4 is 5.69 Å². The van der Waals surface area contributed by atoms with Gasteiger partial charge in [0.15, 0.2) is 0 Å². The molecule has 0 saturated carbocycles. The number of hydrogen-bond donors (Lipinski definition) is 1. The van der Waals surface area contributed by atoms with Gasteiger partial charge in [-0.3, -0.25) is 4.98 Å². The van der Waals surface area contributed by atoms with Gasteiger partial charge in [0.25, 0.3) is 0 Å². The summed E-state index contributed by atoms with van der Waals surface area (Å²) < 4.78 is 0. The van der Waals surface area contributed by atoms with Crippen LogP contribution in [0.3, 0.4) is 0 Å². The van der Waals surface area contributed by atoms with Gasteiger partial charge < -0.3 is 10.6 Å². The van der Waals surface area contributed by atoms with E-state index in [1.54, 1.807) is 0 Å². The summed E-state index contributed by atoms with van der Waals surface area (Å²) in [6.45, 7) is 7.64. The van der Waals surface area contributed by atoms with Crippen molar-refractivity contribution in [3.63, 3.8) is 0 Å². The van der Waals surface area contributed by atoms with Gasteiger partial charge in [0, 0.05) is 19.6 Å². The molecule has 3 nitrogen and oxygen atoms in total. The first-order chi connectivity index (χ1) is 8.04. The fourth-order valence-corrected chi connectivity index (χ4v) is 1.63. The van der Waals surface area contributed by atoms with Crippen molar-refractivity contribution in [1.29, 1.82) is 0 Å². The van der Waals surface area contributed by atoms with Crippen molar-refractivity contribution in [1.82, 2.24) is 4.98 Å². The molecule has 0 aliphatic heterocycles. The Labute approximate surface area is 105 Å². The van der Waals surface area contributed by atoms with Gasteiger partial charge in [-0.1, -0.05) is 20.8 Å². The van der Waals surface area contributed by atoms with Crippen LogP contribution in [-0.2, 0) is 0 Å². The number of rotatable bonds is 6. The summed E-state index contributed by atoms with van der Waals surface area (Å²) in [4.78, 5) is 6.68. The van der Waals surface area contributed by atoms with Gasteiger partial charge in [0.05, 0.1) is 17.6 Å². The lowest BCUT2D eigenvalue weighted by Gasteiger charge is -2.20. The van der Waals surface area contributed by atoms with Crippen LogP contribution in [0.4, 0.5) is 5.69 Å². The van der Waals surface area contributed by atoms with Gasteiger partial charge >= 0.3 is 0 Å². The van der Waals surface area contributed by atoms with E-state index in [1.807, 2.05) is 12.3 Å². The predicted octanol–water partition coefficient (Wildman–Crippen LogP) is 2.97. The third kappa shape index (κ3) is 4.35. The zero-order chi connectivity index (χ0) is 12.8. The maximum Gasteiger partial charge on any atom is 0.0572 e. The van der Waals surface area contributed by atoms with Crippen LogP contribution in [-0.4, -0.2) is 18.6 Å². The lowest BCUT2D eigenvalue weighted by atomic mass is 10.1. The molecular formula is C14H25N3. The van der Waals surface area contributed by atoms with Crippen molar-refractivity contribution in [2.75, 3.05) is 18.5 Å². The van der Waals surface area contributed by atoms with Crippen molar-refractivity contribution in [2.45, 2.75) is 39.7 Å². The Kier molecular flexibility index (Phi) is 5.42. The van der Waals surface area contributed by atoms with E-state index in [2.05, 4.69) is 43.8 Å². The van der Waals surface area contributed by atoms with E-state index < -0.39 is 0 Å². The third-order valence-electron chi connectivity index (χ3n) is 3.07. The van der Waals surface area contributed by atoms with E-state index >= 15 is 0 Å². The molecule has 96 valence electrons. The predicted molar refractivity (Wildman–Crippen MR) is 74.2 cm³/mol. The van der Waals surface area contributed by atoms with Gasteiger partial charge in [-0.05, 0) is 30.9 Å². The van der Waals surface area contributed by atoms with E-state index in [-0.39, 0.29) is 6.04 Å². The Morgan fingerprint density at radius 3 is 2.53 bits per heavy atom. The summed E-state index contributed by atoms with van der Waals surface area (Å²) in [7, 11) is 2.11. The molecule has 0 aliphatic carbocycles. The highest BCUT2D eigenvalue weighted by atomic mass is 15.1. The Morgan fingerprint density at radius 2 is 2.06 bits per heavy atom. The van der Waals surface area contributed by atoms with E-state index in [4.69, 9.17) is 5.73 Å². The highest BCUT2D eigenvalue weighted by molar-refractivity contribution is 5.43. The van der Waals surface area contributed by atoms with Crippen molar-refractivity contribution in [3.05, 3.63) is 24.0 Å². The second-order valence-corrected chi connectivity index (χ2v) is 5.06. The molecule has 17 heavy (non-hydrogen) atoms. The molecule has 0 fully saturated rings. The van der Waals surface area contributed by atoms with Crippen LogP contribution in [0.2, 0.25) is 0 Å². The molecule has 0 aliphatic rings. The second kappa shape index (κ2) is 6.60. The summed E-state index contributed by atoms with van der Waals surface area (Å²) in [5, 5.41) is 0. The van der Waals surface area contributed by atoms with E-state index in [0.717, 1.165) is 30.3 Å². The van der Waals surface area contributed by atoms with Crippen molar-refractivity contribution in [2.24, 2.45) is 11.7 Å². The number of hydrogen-bond acceptors (Lipinski definition) is 3. The Balaban J connectivity index is 2.60. The molecule has 0 spiro atoms. The van der Waals surface area contributed by atoms with Crippen LogP contribution < -0.4 is 10.6 Å². The van der Waals surface area contributed by atoms with E-state index in [1.165, 1.54) is 6.42 Å². The Hall–Kier alpha value is -1.09. The SMILES string of the molecule is CC[C@H](N)c1ccc(N(C)CCC(C)C)cn1. The van der Waals surface area contributed by atoms with Crippen LogP contribution in [0.15, 0.2) is 18.3 Å². The van der Waals surface area contributed by atoms with Crippen molar-refractivity contribution in [3.8, 4) is 0 Å². The standard InChI is InChI=1S/C14H25N3/c1-5-13(15)14-7-6-12(10-16-14)17(4)9-8-11(2)3/h6-7,10-11,13H,5,8-9,15H2,1-4H3/t13-/m0/s1. The average molecular weight is 235 g/mol. The molecule has 0 radical (unpaired) electrons. The normalized spacial score (nSPS) is 12.8. The molecular weight excluding hydrogens is 210 g/mol. The number of nitrogens with zero attached hydrogens (tertiary/aromatic N) is 2. The lowest BCUT2D eigenvalue weighted by molar-refractivity contribution is 0.585. The number of nitrogens with two attached hydrogens (primary N) is 1. The number of pyridine rings is 1. The van der Waals surface area contributed by atoms with E-state index in [9.17, 15) is 0 Å². The molecule has 0 amide bonds. The lowest BCUT2D eigenvalue weighted by Crippen LogP contribution is -2.20. The number of anilines is 1. The fourth-order valence-electron chi connectivity index (χ4n) is 1.63. The minimum absolute atomic E-state index is 0.0602. The van der Waals surface area contributed by atoms with Gasteiger partial charge in [0.1, 0.15) is 0 Å². The summed E-state index contributed by atoms with van der Waals surface area (Å²) in [6.07, 6.45) is 4.05. The topological polar surface area (TPSA) is 42.1 Å². The van der Waals surface area contributed by atoms with Gasteiger partial charge in [0.2, 0.25) is 0 Å². The van der Waals surface area contributed by atoms with E-state index in [0.29, 0.717) is 0 Å². The first kappa shape index (κ1) is 14.0. The maximum atomic E-state index is 5.94. The molecule has 0 bridgehead atoms.